The van der Waals surface area contributed by atoms with E-state index in [9.17, 15) is 9.36 Å². The molecule has 180 valence electrons. The first kappa shape index (κ1) is 25.8. The second kappa shape index (κ2) is 11.5. The zero-order chi connectivity index (χ0) is 24.7. The fourth-order valence-corrected chi connectivity index (χ4v) is 4.41. The molecule has 0 saturated heterocycles. The van der Waals surface area contributed by atoms with Crippen LogP contribution in [0.5, 0.6) is 23.1 Å². The van der Waals surface area contributed by atoms with Crippen molar-refractivity contribution in [2.45, 2.75) is 32.9 Å². The summed E-state index contributed by atoms with van der Waals surface area (Å²) in [5, 5.41) is 3.03. The Morgan fingerprint density at radius 2 is 1.68 bits per heavy atom. The lowest BCUT2D eigenvalue weighted by atomic mass is 10.3. The Kier molecular flexibility index (Phi) is 8.74. The van der Waals surface area contributed by atoms with Gasteiger partial charge in [-0.25, -0.2) is 9.55 Å². The van der Waals surface area contributed by atoms with Crippen molar-refractivity contribution in [3.05, 3.63) is 71.1 Å². The number of benzene rings is 1. The Balaban J connectivity index is 1.81. The van der Waals surface area contributed by atoms with Crippen LogP contribution in [0.3, 0.4) is 0 Å². The molecule has 0 amide bonds. The number of esters is 1. The van der Waals surface area contributed by atoms with Gasteiger partial charge in [-0.2, -0.15) is 5.09 Å². The van der Waals surface area contributed by atoms with Gasteiger partial charge in [0.2, 0.25) is 5.88 Å². The highest BCUT2D eigenvalue weighted by Gasteiger charge is 2.34. The zero-order valence-corrected chi connectivity index (χ0v) is 20.9. The van der Waals surface area contributed by atoms with E-state index < -0.39 is 19.8 Å². The molecule has 34 heavy (non-hydrogen) atoms. The lowest BCUT2D eigenvalue weighted by Crippen LogP contribution is -2.36. The fourth-order valence-electron chi connectivity index (χ4n) is 2.55. The second-order valence-electron chi connectivity index (χ2n) is 7.23. The average Bonchev–Trinajstić information content (AvgIpc) is 2.75. The SMILES string of the molecule is CC(C)OC(=O)[C@H](C)NP(=O)(Oc1ccccc1)Oc1cnc(Oc2cncc(Cl)c2)c(Cl)c1. The van der Waals surface area contributed by atoms with Crippen LogP contribution in [0.4, 0.5) is 0 Å². The summed E-state index contributed by atoms with van der Waals surface area (Å²) >= 11 is 12.2. The van der Waals surface area contributed by atoms with Crippen molar-refractivity contribution < 1.29 is 27.9 Å². The lowest BCUT2D eigenvalue weighted by Gasteiger charge is -2.23. The molecular weight excluding hydrogens is 504 g/mol. The molecule has 0 aliphatic rings. The molecule has 3 rings (SSSR count). The van der Waals surface area contributed by atoms with Gasteiger partial charge in [-0.1, -0.05) is 41.4 Å². The number of pyridine rings is 2. The van der Waals surface area contributed by atoms with E-state index in [0.717, 1.165) is 0 Å². The number of nitrogens with zero attached hydrogens (tertiary/aromatic N) is 2. The highest BCUT2D eigenvalue weighted by molar-refractivity contribution is 7.52. The number of carbonyl (C=O) groups is 1. The molecule has 2 heterocycles. The van der Waals surface area contributed by atoms with E-state index in [2.05, 4.69) is 15.1 Å². The highest BCUT2D eigenvalue weighted by atomic mass is 35.5. The minimum atomic E-state index is -4.14. The van der Waals surface area contributed by atoms with E-state index in [-0.39, 0.29) is 28.5 Å². The van der Waals surface area contributed by atoms with Crippen molar-refractivity contribution in [3.63, 3.8) is 0 Å². The maximum Gasteiger partial charge on any atom is 0.513 e. The predicted octanol–water partition coefficient (Wildman–Crippen LogP) is 6.07. The van der Waals surface area contributed by atoms with Gasteiger partial charge in [-0.05, 0) is 32.9 Å². The maximum atomic E-state index is 13.6. The number of halogens is 2. The number of rotatable bonds is 10. The Bertz CT molecular complexity index is 1180. The molecule has 12 heteroatoms. The molecule has 1 unspecified atom stereocenters. The number of aromatic nitrogens is 2. The molecule has 0 bridgehead atoms. The van der Waals surface area contributed by atoms with Crippen LogP contribution in [0.15, 0.2) is 61.1 Å². The summed E-state index contributed by atoms with van der Waals surface area (Å²) in [4.78, 5) is 20.3. The van der Waals surface area contributed by atoms with Gasteiger partial charge in [0.05, 0.1) is 23.5 Å². The second-order valence-corrected chi connectivity index (χ2v) is 9.69. The first-order valence-electron chi connectivity index (χ1n) is 10.1. The van der Waals surface area contributed by atoms with Crippen molar-refractivity contribution in [1.29, 1.82) is 0 Å². The summed E-state index contributed by atoms with van der Waals surface area (Å²) in [5.74, 6) is 0.0325. The molecule has 0 spiro atoms. The summed E-state index contributed by atoms with van der Waals surface area (Å²) in [5.41, 5.74) is 0. The monoisotopic (exact) mass is 525 g/mol. The molecule has 0 saturated carbocycles. The Hall–Kier alpha value is -2.84. The van der Waals surface area contributed by atoms with E-state index in [1.54, 1.807) is 50.2 Å². The van der Waals surface area contributed by atoms with Crippen molar-refractivity contribution in [1.82, 2.24) is 15.1 Å². The van der Waals surface area contributed by atoms with Crippen LogP contribution in [0.2, 0.25) is 10.0 Å². The van der Waals surface area contributed by atoms with Crippen LogP contribution in [-0.2, 0) is 14.1 Å². The van der Waals surface area contributed by atoms with Gasteiger partial charge in [-0.15, -0.1) is 0 Å². The number of hydrogen-bond acceptors (Lipinski definition) is 8. The van der Waals surface area contributed by atoms with E-state index in [1.807, 2.05) is 0 Å². The van der Waals surface area contributed by atoms with Gasteiger partial charge in [0.1, 0.15) is 22.6 Å². The largest absolute Gasteiger partial charge is 0.513 e. The van der Waals surface area contributed by atoms with Crippen molar-refractivity contribution >= 4 is 36.9 Å². The van der Waals surface area contributed by atoms with Gasteiger partial charge in [0, 0.05) is 18.3 Å². The van der Waals surface area contributed by atoms with Crippen LogP contribution in [0.1, 0.15) is 20.8 Å². The first-order chi connectivity index (χ1) is 16.1. The third-order valence-electron chi connectivity index (χ3n) is 3.93. The van der Waals surface area contributed by atoms with Crippen LogP contribution in [0.25, 0.3) is 0 Å². The van der Waals surface area contributed by atoms with Crippen LogP contribution < -0.4 is 18.9 Å². The van der Waals surface area contributed by atoms with Crippen molar-refractivity contribution in [2.24, 2.45) is 0 Å². The van der Waals surface area contributed by atoms with Crippen LogP contribution in [0, 0.1) is 0 Å². The minimum Gasteiger partial charge on any atom is -0.462 e. The number of carbonyl (C=O) groups excluding carboxylic acids is 1. The normalized spacial score (nSPS) is 13.6. The van der Waals surface area contributed by atoms with E-state index in [1.165, 1.54) is 31.6 Å². The van der Waals surface area contributed by atoms with Crippen molar-refractivity contribution in [2.75, 3.05) is 0 Å². The summed E-state index contributed by atoms with van der Waals surface area (Å²) in [6.07, 6.45) is 3.80. The van der Waals surface area contributed by atoms with E-state index in [4.69, 9.17) is 41.7 Å². The van der Waals surface area contributed by atoms with Gasteiger partial charge < -0.3 is 18.5 Å². The molecule has 1 N–H and O–H groups in total. The molecule has 9 nitrogen and oxygen atoms in total. The summed E-state index contributed by atoms with van der Waals surface area (Å²) in [6, 6.07) is 10.2. The van der Waals surface area contributed by atoms with Crippen molar-refractivity contribution in [3.8, 4) is 23.1 Å². The first-order valence-corrected chi connectivity index (χ1v) is 12.4. The standard InChI is InChI=1S/C22H22Cl2N3O6P/c1-14(2)30-22(28)15(3)27-34(29,32-17-7-5-4-6-8-17)33-19-10-20(24)21(26-13-19)31-18-9-16(23)11-25-12-18/h4-15H,1-3H3,(H,27,29)/t15-,34?/m0/s1. The molecular formula is C22H22Cl2N3O6P. The predicted molar refractivity (Wildman–Crippen MR) is 128 cm³/mol. The Morgan fingerprint density at radius 1 is 0.971 bits per heavy atom. The molecule has 0 fully saturated rings. The van der Waals surface area contributed by atoms with Gasteiger partial charge in [0.15, 0.2) is 5.75 Å². The van der Waals surface area contributed by atoms with E-state index in [0.29, 0.717) is 10.8 Å². The third-order valence-corrected chi connectivity index (χ3v) is 6.01. The Morgan fingerprint density at radius 3 is 2.32 bits per heavy atom. The molecule has 0 aliphatic heterocycles. The van der Waals surface area contributed by atoms with E-state index >= 15 is 0 Å². The minimum absolute atomic E-state index is 0.0118. The molecule has 2 atom stereocenters. The molecule has 1 aromatic carbocycles. The fraction of sp³-hybridized carbons (Fsp3) is 0.227. The van der Waals surface area contributed by atoms with Gasteiger partial charge in [-0.3, -0.25) is 9.78 Å². The molecule has 2 aromatic heterocycles. The molecule has 3 aromatic rings. The third kappa shape index (κ3) is 7.60. The summed E-state index contributed by atoms with van der Waals surface area (Å²) < 4.78 is 35.5. The Labute approximate surface area is 206 Å². The molecule has 0 radical (unpaired) electrons. The quantitative estimate of drug-likeness (QED) is 0.249. The summed E-state index contributed by atoms with van der Waals surface area (Å²) in [7, 11) is -4.14. The zero-order valence-electron chi connectivity index (χ0n) is 18.5. The van der Waals surface area contributed by atoms with Gasteiger partial charge in [0.25, 0.3) is 0 Å². The number of ether oxygens (including phenoxy) is 2. The maximum absolute atomic E-state index is 13.6. The topological polar surface area (TPSA) is 109 Å². The smallest absolute Gasteiger partial charge is 0.462 e. The summed E-state index contributed by atoms with van der Waals surface area (Å²) in [6.45, 7) is 4.89. The number of nitrogens with one attached hydrogen (secondary N) is 1. The lowest BCUT2D eigenvalue weighted by molar-refractivity contribution is -0.149. The highest BCUT2D eigenvalue weighted by Crippen LogP contribution is 2.46. The average molecular weight is 526 g/mol. The number of hydrogen-bond donors (Lipinski definition) is 1. The molecule has 0 aliphatic carbocycles. The van der Waals surface area contributed by atoms with Crippen LogP contribution in [-0.4, -0.2) is 28.1 Å². The number of para-hydroxylation sites is 1. The van der Waals surface area contributed by atoms with Crippen LogP contribution >= 0.6 is 30.9 Å². The van der Waals surface area contributed by atoms with Gasteiger partial charge >= 0.3 is 13.7 Å².